The van der Waals surface area contributed by atoms with E-state index in [0.717, 1.165) is 148 Å². The number of allylic oxidation sites excluding steroid dienone is 18. The highest BCUT2D eigenvalue weighted by atomic mass is 31.2. The number of aliphatic hydroxyl groups excluding tert-OH is 1. The molecule has 0 heterocycles. The average Bonchev–Trinajstić information content (AvgIpc) is 0.923. The van der Waals surface area contributed by atoms with Gasteiger partial charge in [0.25, 0.3) is 0 Å². The topological polar surface area (TPSA) is 237 Å². The third kappa shape index (κ3) is 74.0. The summed E-state index contributed by atoms with van der Waals surface area (Å²) < 4.78 is 68.5. The van der Waals surface area contributed by atoms with Gasteiger partial charge < -0.3 is 33.8 Å². The van der Waals surface area contributed by atoms with Gasteiger partial charge in [0.2, 0.25) is 0 Å². The molecule has 0 fully saturated rings. The molecule has 0 radical (unpaired) electrons. The molecule has 0 aromatic heterocycles. The highest BCUT2D eigenvalue weighted by Crippen LogP contribution is 2.45. The zero-order valence-electron chi connectivity index (χ0n) is 64.3. The minimum atomic E-state index is -4.99. The Morgan fingerprint density at radius 2 is 0.520 bits per heavy atom. The molecule has 0 amide bonds. The molecule has 0 aliphatic heterocycles. The SMILES string of the molecule is CCCCC/C=C\C/C=C\C/C=C\C/C=C\CCCC(=O)OC[C@H](COP(=O)(O)OC[C@H](O)COP(=O)(O)OC[C@@H](COC(=O)CCCCCCC/C=C\CCCCCCCC)OC(=O)CCCCCCC/C=C\C=C/CCCCCC)OC(=O)CCCCCCC/C=C\C/C=C\CCCCC. The summed E-state index contributed by atoms with van der Waals surface area (Å²) in [5, 5.41) is 10.6. The number of hydrogen-bond donors (Lipinski definition) is 3. The second-order valence-electron chi connectivity index (χ2n) is 26.7. The molecule has 102 heavy (non-hydrogen) atoms. The quantitative estimate of drug-likeness (QED) is 0.0128. The molecule has 5 atom stereocenters. The van der Waals surface area contributed by atoms with Gasteiger partial charge in [-0.05, 0) is 148 Å². The van der Waals surface area contributed by atoms with Crippen molar-refractivity contribution in [3.05, 3.63) is 109 Å². The van der Waals surface area contributed by atoms with Crippen molar-refractivity contribution in [3.8, 4) is 0 Å². The molecule has 0 saturated carbocycles. The maximum absolute atomic E-state index is 13.1. The van der Waals surface area contributed by atoms with Gasteiger partial charge in [-0.2, -0.15) is 0 Å². The number of ether oxygens (including phenoxy) is 4. The molecule has 0 aromatic rings. The molecule has 2 unspecified atom stereocenters. The largest absolute Gasteiger partial charge is 0.472 e. The zero-order valence-corrected chi connectivity index (χ0v) is 66.0. The number of carbonyl (C=O) groups is 4. The van der Waals surface area contributed by atoms with E-state index < -0.39 is 97.5 Å². The molecule has 0 aromatic carbocycles. The van der Waals surface area contributed by atoms with E-state index >= 15 is 0 Å². The molecular formula is C83H144O17P2. The molecule has 19 heteroatoms. The average molecular weight is 1480 g/mol. The normalized spacial score (nSPS) is 14.5. The van der Waals surface area contributed by atoms with Crippen LogP contribution in [0.2, 0.25) is 0 Å². The van der Waals surface area contributed by atoms with E-state index in [-0.39, 0.29) is 25.7 Å². The Bertz CT molecular complexity index is 2360. The fraction of sp³-hybridized carbons (Fsp3) is 0.735. The number of aliphatic hydroxyl groups is 1. The first-order chi connectivity index (χ1) is 49.7. The summed E-state index contributed by atoms with van der Waals surface area (Å²) in [6.07, 6.45) is 80.7. The molecule has 0 aliphatic rings. The molecule has 3 N–H and O–H groups in total. The number of carbonyl (C=O) groups excluding carboxylic acids is 4. The van der Waals surface area contributed by atoms with Gasteiger partial charge in [0.15, 0.2) is 12.2 Å². The summed E-state index contributed by atoms with van der Waals surface area (Å²) in [5.41, 5.74) is 0. The van der Waals surface area contributed by atoms with Crippen LogP contribution in [0.15, 0.2) is 109 Å². The molecular weight excluding hydrogens is 1330 g/mol. The molecule has 0 rings (SSSR count). The van der Waals surface area contributed by atoms with E-state index in [9.17, 15) is 43.2 Å². The molecule has 0 aliphatic carbocycles. The van der Waals surface area contributed by atoms with Gasteiger partial charge >= 0.3 is 39.5 Å². The van der Waals surface area contributed by atoms with Crippen LogP contribution in [0.4, 0.5) is 0 Å². The van der Waals surface area contributed by atoms with E-state index in [4.69, 9.17) is 37.0 Å². The van der Waals surface area contributed by atoms with Crippen molar-refractivity contribution in [1.82, 2.24) is 0 Å². The fourth-order valence-electron chi connectivity index (χ4n) is 10.5. The third-order valence-electron chi connectivity index (χ3n) is 16.7. The van der Waals surface area contributed by atoms with E-state index in [2.05, 4.69) is 125 Å². The minimum absolute atomic E-state index is 0.0658. The van der Waals surface area contributed by atoms with Crippen molar-refractivity contribution in [3.63, 3.8) is 0 Å². The van der Waals surface area contributed by atoms with Gasteiger partial charge in [0.05, 0.1) is 26.4 Å². The van der Waals surface area contributed by atoms with Crippen LogP contribution in [0.5, 0.6) is 0 Å². The van der Waals surface area contributed by atoms with Crippen LogP contribution in [0.1, 0.15) is 336 Å². The number of phosphoric ester groups is 2. The lowest BCUT2D eigenvalue weighted by molar-refractivity contribution is -0.161. The lowest BCUT2D eigenvalue weighted by Gasteiger charge is -2.21. The first-order valence-corrected chi connectivity index (χ1v) is 43.1. The standard InChI is InChI=1S/C83H144O17P2/c1-5-9-13-17-21-25-29-33-37-38-42-44-48-52-56-60-64-68-81(86)94-74-79(100-83(88)70-66-62-58-54-50-46-41-36-32-28-24-20-16-12-8-4)76-98-102(91,92)96-72-77(84)71-95-101(89,90)97-75-78(99-82(87)69-65-61-57-53-49-45-40-35-31-27-23-19-15-11-7-3)73-93-80(85)67-63-59-55-51-47-43-39-34-30-26-22-18-14-10-6-2/h21,24-25,27-28,31,33-37,39-42,44,52,56,77-79,84H,5-20,22-23,26,29-30,32,38,43,45-51,53-55,57-76H2,1-4H3,(H,89,90)(H,91,92)/b25-21-,28-24-,31-27-,37-33-,39-34-,40-35-,41-36-,44-42-,56-52-/t77-,78-,79-/m1/s1. The van der Waals surface area contributed by atoms with Crippen molar-refractivity contribution in [2.75, 3.05) is 39.6 Å². The number of rotatable bonds is 75. The maximum atomic E-state index is 13.1. The summed E-state index contributed by atoms with van der Waals surface area (Å²) in [5.74, 6) is -2.27. The van der Waals surface area contributed by atoms with Gasteiger partial charge in [-0.3, -0.25) is 37.3 Å². The van der Waals surface area contributed by atoms with Crippen molar-refractivity contribution >= 4 is 39.5 Å². The van der Waals surface area contributed by atoms with Gasteiger partial charge in [0, 0.05) is 25.7 Å². The van der Waals surface area contributed by atoms with Crippen LogP contribution in [-0.2, 0) is 65.4 Å². The van der Waals surface area contributed by atoms with E-state index in [0.29, 0.717) is 32.1 Å². The minimum Gasteiger partial charge on any atom is -0.462 e. The first kappa shape index (κ1) is 97.7. The summed E-state index contributed by atoms with van der Waals surface area (Å²) in [7, 11) is -9.98. The molecule has 588 valence electrons. The van der Waals surface area contributed by atoms with Gasteiger partial charge in [-0.25, -0.2) is 9.13 Å². The first-order valence-electron chi connectivity index (χ1n) is 40.1. The molecule has 0 spiro atoms. The highest BCUT2D eigenvalue weighted by Gasteiger charge is 2.30. The second-order valence-corrected chi connectivity index (χ2v) is 29.6. The molecule has 17 nitrogen and oxygen atoms in total. The number of phosphoric acid groups is 2. The van der Waals surface area contributed by atoms with Crippen LogP contribution in [0, 0.1) is 0 Å². The second kappa shape index (κ2) is 75.0. The van der Waals surface area contributed by atoms with Gasteiger partial charge in [-0.15, -0.1) is 0 Å². The highest BCUT2D eigenvalue weighted by molar-refractivity contribution is 7.47. The summed E-state index contributed by atoms with van der Waals surface area (Å²) in [6, 6.07) is 0. The fourth-order valence-corrected chi connectivity index (χ4v) is 12.1. The number of esters is 4. The monoisotopic (exact) mass is 1470 g/mol. The van der Waals surface area contributed by atoms with Crippen LogP contribution in [-0.4, -0.2) is 96.7 Å². The Labute approximate surface area is 619 Å². The predicted octanol–water partition coefficient (Wildman–Crippen LogP) is 23.3. The van der Waals surface area contributed by atoms with E-state index in [1.54, 1.807) is 0 Å². The van der Waals surface area contributed by atoms with Crippen LogP contribution in [0.25, 0.3) is 0 Å². The lowest BCUT2D eigenvalue weighted by Crippen LogP contribution is -2.30. The Kier molecular flexibility index (Phi) is 71.8. The van der Waals surface area contributed by atoms with Crippen molar-refractivity contribution in [1.29, 1.82) is 0 Å². The Hall–Kier alpha value is -4.28. The lowest BCUT2D eigenvalue weighted by atomic mass is 10.1. The van der Waals surface area contributed by atoms with Crippen LogP contribution >= 0.6 is 15.6 Å². The molecule has 0 bridgehead atoms. The third-order valence-corrected chi connectivity index (χ3v) is 18.6. The molecule has 0 saturated heterocycles. The number of unbranched alkanes of at least 4 members (excludes halogenated alkanes) is 32. The Morgan fingerprint density at radius 3 is 0.873 bits per heavy atom. The van der Waals surface area contributed by atoms with E-state index in [1.165, 1.54) is 103 Å². The smallest absolute Gasteiger partial charge is 0.462 e. The van der Waals surface area contributed by atoms with Crippen molar-refractivity contribution < 1.29 is 80.2 Å². The van der Waals surface area contributed by atoms with Gasteiger partial charge in [-0.1, -0.05) is 272 Å². The summed E-state index contributed by atoms with van der Waals surface area (Å²) >= 11 is 0. The zero-order chi connectivity index (χ0) is 74.6. The summed E-state index contributed by atoms with van der Waals surface area (Å²) in [6.45, 7) is 4.72. The predicted molar refractivity (Wildman–Crippen MR) is 418 cm³/mol. The van der Waals surface area contributed by atoms with Crippen molar-refractivity contribution in [2.45, 2.75) is 354 Å². The van der Waals surface area contributed by atoms with Crippen LogP contribution < -0.4 is 0 Å². The summed E-state index contributed by atoms with van der Waals surface area (Å²) in [4.78, 5) is 73.0. The Morgan fingerprint density at radius 1 is 0.284 bits per heavy atom. The van der Waals surface area contributed by atoms with Gasteiger partial charge in [0.1, 0.15) is 19.3 Å². The number of hydrogen-bond acceptors (Lipinski definition) is 15. The Balaban J connectivity index is 5.43. The van der Waals surface area contributed by atoms with Crippen LogP contribution in [0.3, 0.4) is 0 Å². The maximum Gasteiger partial charge on any atom is 0.472 e. The van der Waals surface area contributed by atoms with Crippen molar-refractivity contribution in [2.24, 2.45) is 0 Å². The van der Waals surface area contributed by atoms with E-state index in [1.807, 2.05) is 12.2 Å².